The number of aromatic nitrogens is 1. The molecular formula is C17H13NO. The minimum Gasteiger partial charge on any atom is -0.353 e. The Morgan fingerprint density at radius 2 is 1.58 bits per heavy atom. The molecule has 0 unspecified atom stereocenters. The minimum absolute atomic E-state index is 0.595. The second-order valence-electron chi connectivity index (χ2n) is 4.39. The summed E-state index contributed by atoms with van der Waals surface area (Å²) in [5.41, 5.74) is 2.69. The summed E-state index contributed by atoms with van der Waals surface area (Å²) in [6.07, 6.45) is 4.85. The number of aromatic amines is 1. The van der Waals surface area contributed by atoms with Gasteiger partial charge in [0.05, 0.1) is 5.69 Å². The lowest BCUT2D eigenvalue weighted by molar-refractivity contribution is 0.111. The third-order valence-corrected chi connectivity index (χ3v) is 3.12. The van der Waals surface area contributed by atoms with Crippen LogP contribution in [0.4, 0.5) is 0 Å². The van der Waals surface area contributed by atoms with Crippen molar-refractivity contribution in [3.05, 3.63) is 71.5 Å². The SMILES string of the molecule is O=Cc1ccc(C=Cc2cccc3ccccc23)[nH]1. The van der Waals surface area contributed by atoms with Crippen LogP contribution < -0.4 is 0 Å². The molecule has 0 spiro atoms. The number of H-pyrrole nitrogens is 1. The van der Waals surface area contributed by atoms with Crippen molar-refractivity contribution < 1.29 is 4.79 Å². The Morgan fingerprint density at radius 1 is 0.789 bits per heavy atom. The van der Waals surface area contributed by atoms with Gasteiger partial charge in [-0.15, -0.1) is 0 Å². The van der Waals surface area contributed by atoms with Crippen LogP contribution in [-0.2, 0) is 0 Å². The molecular weight excluding hydrogens is 234 g/mol. The van der Waals surface area contributed by atoms with Crippen LogP contribution in [0.2, 0.25) is 0 Å². The number of hydrogen-bond donors (Lipinski definition) is 1. The predicted octanol–water partition coefficient (Wildman–Crippen LogP) is 4.15. The zero-order valence-corrected chi connectivity index (χ0v) is 10.3. The zero-order valence-electron chi connectivity index (χ0n) is 10.3. The van der Waals surface area contributed by atoms with E-state index in [4.69, 9.17) is 0 Å². The normalized spacial score (nSPS) is 11.2. The van der Waals surface area contributed by atoms with Gasteiger partial charge in [-0.05, 0) is 34.5 Å². The first-order valence-electron chi connectivity index (χ1n) is 6.17. The van der Waals surface area contributed by atoms with Gasteiger partial charge in [-0.1, -0.05) is 48.5 Å². The molecule has 0 aliphatic rings. The number of hydrogen-bond acceptors (Lipinski definition) is 1. The van der Waals surface area contributed by atoms with Gasteiger partial charge >= 0.3 is 0 Å². The van der Waals surface area contributed by atoms with E-state index < -0.39 is 0 Å². The highest BCUT2D eigenvalue weighted by atomic mass is 16.1. The first-order valence-corrected chi connectivity index (χ1v) is 6.17. The number of carbonyl (C=O) groups excluding carboxylic acids is 1. The van der Waals surface area contributed by atoms with Crippen LogP contribution in [0.5, 0.6) is 0 Å². The molecule has 0 bridgehead atoms. The van der Waals surface area contributed by atoms with Gasteiger partial charge in [-0.2, -0.15) is 0 Å². The molecule has 92 valence electrons. The Bertz CT molecular complexity index is 747. The van der Waals surface area contributed by atoms with Crippen molar-refractivity contribution >= 4 is 29.2 Å². The number of rotatable bonds is 3. The predicted molar refractivity (Wildman–Crippen MR) is 79.1 cm³/mol. The van der Waals surface area contributed by atoms with Gasteiger partial charge in [0, 0.05) is 5.69 Å². The number of fused-ring (bicyclic) bond motifs is 1. The van der Waals surface area contributed by atoms with Crippen molar-refractivity contribution in [2.24, 2.45) is 0 Å². The molecule has 0 amide bonds. The van der Waals surface area contributed by atoms with Crippen LogP contribution in [0.25, 0.3) is 22.9 Å². The van der Waals surface area contributed by atoms with Crippen LogP contribution in [-0.4, -0.2) is 11.3 Å². The molecule has 1 heterocycles. The molecule has 0 atom stereocenters. The fourth-order valence-corrected chi connectivity index (χ4v) is 2.17. The molecule has 2 aromatic carbocycles. The maximum atomic E-state index is 10.6. The van der Waals surface area contributed by atoms with Gasteiger partial charge in [0.15, 0.2) is 6.29 Å². The monoisotopic (exact) mass is 247 g/mol. The van der Waals surface area contributed by atoms with Crippen LogP contribution in [0.15, 0.2) is 54.6 Å². The van der Waals surface area contributed by atoms with Crippen molar-refractivity contribution in [3.63, 3.8) is 0 Å². The lowest BCUT2D eigenvalue weighted by Crippen LogP contribution is -1.79. The summed E-state index contributed by atoms with van der Waals surface area (Å²) in [5, 5.41) is 2.45. The molecule has 2 nitrogen and oxygen atoms in total. The summed E-state index contributed by atoms with van der Waals surface area (Å²) in [6.45, 7) is 0. The molecule has 0 radical (unpaired) electrons. The van der Waals surface area contributed by atoms with E-state index in [1.807, 2.05) is 30.3 Å². The van der Waals surface area contributed by atoms with E-state index in [0.717, 1.165) is 12.0 Å². The highest BCUT2D eigenvalue weighted by Gasteiger charge is 1.97. The highest BCUT2D eigenvalue weighted by Crippen LogP contribution is 2.20. The van der Waals surface area contributed by atoms with E-state index >= 15 is 0 Å². The van der Waals surface area contributed by atoms with E-state index in [1.54, 1.807) is 6.07 Å². The Kier molecular flexibility index (Phi) is 2.99. The lowest BCUT2D eigenvalue weighted by atomic mass is 10.0. The second kappa shape index (κ2) is 4.94. The summed E-state index contributed by atoms with van der Waals surface area (Å²) in [4.78, 5) is 13.6. The van der Waals surface area contributed by atoms with Gasteiger partial charge in [-0.3, -0.25) is 4.79 Å². The Hall–Kier alpha value is -2.61. The first-order chi connectivity index (χ1) is 9.36. The zero-order chi connectivity index (χ0) is 13.1. The average molecular weight is 247 g/mol. The molecule has 0 aliphatic heterocycles. The number of nitrogens with one attached hydrogen (secondary N) is 1. The lowest BCUT2D eigenvalue weighted by Gasteiger charge is -2.01. The summed E-state index contributed by atoms with van der Waals surface area (Å²) in [5.74, 6) is 0. The molecule has 2 heteroatoms. The van der Waals surface area contributed by atoms with Gasteiger partial charge in [-0.25, -0.2) is 0 Å². The quantitative estimate of drug-likeness (QED) is 0.693. The van der Waals surface area contributed by atoms with Crippen molar-refractivity contribution in [2.45, 2.75) is 0 Å². The third kappa shape index (κ3) is 2.33. The maximum absolute atomic E-state index is 10.6. The fourth-order valence-electron chi connectivity index (χ4n) is 2.17. The topological polar surface area (TPSA) is 32.9 Å². The molecule has 1 aromatic heterocycles. The summed E-state index contributed by atoms with van der Waals surface area (Å²) in [6, 6.07) is 18.2. The largest absolute Gasteiger partial charge is 0.353 e. The molecule has 3 rings (SSSR count). The number of benzene rings is 2. The minimum atomic E-state index is 0.595. The van der Waals surface area contributed by atoms with E-state index in [1.165, 1.54) is 16.3 Å². The third-order valence-electron chi connectivity index (χ3n) is 3.12. The molecule has 0 saturated heterocycles. The first kappa shape index (κ1) is 11.5. The van der Waals surface area contributed by atoms with Gasteiger partial charge < -0.3 is 4.98 Å². The molecule has 1 N–H and O–H groups in total. The summed E-state index contributed by atoms with van der Waals surface area (Å²) in [7, 11) is 0. The average Bonchev–Trinajstić information content (AvgIpc) is 2.93. The smallest absolute Gasteiger partial charge is 0.166 e. The van der Waals surface area contributed by atoms with Crippen LogP contribution in [0.3, 0.4) is 0 Å². The van der Waals surface area contributed by atoms with Crippen molar-refractivity contribution in [1.82, 2.24) is 4.98 Å². The van der Waals surface area contributed by atoms with E-state index in [2.05, 4.69) is 35.3 Å². The van der Waals surface area contributed by atoms with E-state index in [-0.39, 0.29) is 0 Å². The Morgan fingerprint density at radius 3 is 2.42 bits per heavy atom. The number of carbonyl (C=O) groups is 1. The Labute approximate surface area is 111 Å². The standard InChI is InChI=1S/C17H13NO/c19-12-16-11-10-15(18-16)9-8-14-6-3-5-13-4-1-2-7-17(13)14/h1-12,18H. The van der Waals surface area contributed by atoms with Gasteiger partial charge in [0.1, 0.15) is 0 Å². The van der Waals surface area contributed by atoms with Crippen LogP contribution in [0, 0.1) is 0 Å². The van der Waals surface area contributed by atoms with E-state index in [9.17, 15) is 4.79 Å². The van der Waals surface area contributed by atoms with Crippen molar-refractivity contribution in [1.29, 1.82) is 0 Å². The molecule has 0 fully saturated rings. The van der Waals surface area contributed by atoms with Crippen molar-refractivity contribution in [3.8, 4) is 0 Å². The number of aldehydes is 1. The molecule has 0 aliphatic carbocycles. The highest BCUT2D eigenvalue weighted by molar-refractivity contribution is 5.92. The van der Waals surface area contributed by atoms with Crippen molar-refractivity contribution in [2.75, 3.05) is 0 Å². The van der Waals surface area contributed by atoms with Gasteiger partial charge in [0.25, 0.3) is 0 Å². The molecule has 3 aromatic rings. The summed E-state index contributed by atoms with van der Waals surface area (Å²) >= 11 is 0. The van der Waals surface area contributed by atoms with E-state index in [0.29, 0.717) is 5.69 Å². The molecule has 19 heavy (non-hydrogen) atoms. The summed E-state index contributed by atoms with van der Waals surface area (Å²) < 4.78 is 0. The van der Waals surface area contributed by atoms with Gasteiger partial charge in [0.2, 0.25) is 0 Å². The molecule has 0 saturated carbocycles. The van der Waals surface area contributed by atoms with Crippen LogP contribution in [0.1, 0.15) is 21.7 Å². The fraction of sp³-hybridized carbons (Fsp3) is 0. The van der Waals surface area contributed by atoms with Crippen LogP contribution >= 0.6 is 0 Å². The maximum Gasteiger partial charge on any atom is 0.166 e. The Balaban J connectivity index is 1.98. The second-order valence-corrected chi connectivity index (χ2v) is 4.39.